The van der Waals surface area contributed by atoms with Crippen LogP contribution < -0.4 is 14.2 Å². The van der Waals surface area contributed by atoms with Crippen molar-refractivity contribution in [1.82, 2.24) is 0 Å². The Labute approximate surface area is 302 Å². The van der Waals surface area contributed by atoms with E-state index >= 15 is 0 Å². The third-order valence-electron chi connectivity index (χ3n) is 9.79. The van der Waals surface area contributed by atoms with Crippen molar-refractivity contribution in [3.63, 3.8) is 0 Å². The van der Waals surface area contributed by atoms with Gasteiger partial charge >= 0.3 is 6.16 Å². The van der Waals surface area contributed by atoms with Crippen molar-refractivity contribution in [3.05, 3.63) is 11.1 Å². The van der Waals surface area contributed by atoms with Crippen molar-refractivity contribution in [2.45, 2.75) is 220 Å². The molecule has 6 heteroatoms. The largest absolute Gasteiger partial charge is 0.511 e. The van der Waals surface area contributed by atoms with Gasteiger partial charge in [0.05, 0.1) is 13.2 Å². The normalized spacial score (nSPS) is 11.3. The average Bonchev–Trinajstić information content (AvgIpc) is 3.09. The lowest BCUT2D eigenvalue weighted by Gasteiger charge is -2.23. The number of hydrogen-bond donors (Lipinski definition) is 2. The van der Waals surface area contributed by atoms with E-state index in [1.165, 1.54) is 122 Å². The smallest absolute Gasteiger partial charge is 0.502 e. The quantitative estimate of drug-likeness (QED) is 0.0419. The van der Waals surface area contributed by atoms with Crippen LogP contribution in [0.3, 0.4) is 0 Å². The van der Waals surface area contributed by atoms with Gasteiger partial charge in [0.25, 0.3) is 0 Å². The van der Waals surface area contributed by atoms with Crippen LogP contribution in [0.5, 0.6) is 23.0 Å². The van der Waals surface area contributed by atoms with Gasteiger partial charge in [-0.1, -0.05) is 182 Å². The molecule has 0 heterocycles. The Balaban J connectivity index is 3.30. The lowest BCUT2D eigenvalue weighted by molar-refractivity contribution is 0.141. The summed E-state index contributed by atoms with van der Waals surface area (Å²) in [5, 5.41) is 21.4. The predicted octanol–water partition coefficient (Wildman–Crippen LogP) is 14.3. The van der Waals surface area contributed by atoms with Crippen LogP contribution in [0, 0.1) is 0 Å². The van der Waals surface area contributed by atoms with Gasteiger partial charge in [-0.05, 0) is 38.5 Å². The number of rotatable bonds is 35. The van der Waals surface area contributed by atoms with Crippen LogP contribution in [0.2, 0.25) is 0 Å². The van der Waals surface area contributed by atoms with Gasteiger partial charge in [0.15, 0.2) is 11.5 Å². The molecule has 0 aliphatic heterocycles. The van der Waals surface area contributed by atoms with E-state index < -0.39 is 6.16 Å². The highest BCUT2D eigenvalue weighted by Crippen LogP contribution is 2.50. The van der Waals surface area contributed by atoms with E-state index in [2.05, 4.69) is 27.7 Å². The second kappa shape index (κ2) is 31.8. The molecule has 6 nitrogen and oxygen atoms in total. The van der Waals surface area contributed by atoms with E-state index in [1.807, 2.05) is 0 Å². The number of phenolic OH excluding ortho intramolecular Hbond substituents is 1. The molecule has 0 atom stereocenters. The number of ether oxygens (including phenoxy) is 3. The van der Waals surface area contributed by atoms with E-state index in [0.717, 1.165) is 75.3 Å². The number of aromatic hydroxyl groups is 1. The van der Waals surface area contributed by atoms with Gasteiger partial charge < -0.3 is 24.4 Å². The number of carbonyl (C=O) groups is 1. The molecule has 0 aliphatic rings. The zero-order valence-electron chi connectivity index (χ0n) is 32.7. The Morgan fingerprint density at radius 3 is 1.10 bits per heavy atom. The van der Waals surface area contributed by atoms with Crippen LogP contribution in [-0.4, -0.2) is 29.6 Å². The van der Waals surface area contributed by atoms with Gasteiger partial charge in [-0.2, -0.15) is 0 Å². The van der Waals surface area contributed by atoms with Crippen molar-refractivity contribution in [3.8, 4) is 23.0 Å². The van der Waals surface area contributed by atoms with Crippen LogP contribution in [0.25, 0.3) is 0 Å². The van der Waals surface area contributed by atoms with Crippen LogP contribution in [0.1, 0.15) is 219 Å². The molecule has 0 fully saturated rings. The zero-order chi connectivity index (χ0) is 35.8. The molecular formula is C43H78O6. The molecule has 2 N–H and O–H groups in total. The summed E-state index contributed by atoms with van der Waals surface area (Å²) < 4.78 is 18.3. The Hall–Kier alpha value is -2.11. The van der Waals surface area contributed by atoms with Crippen molar-refractivity contribution in [2.24, 2.45) is 0 Å². The summed E-state index contributed by atoms with van der Waals surface area (Å²) in [4.78, 5) is 12.0. The van der Waals surface area contributed by atoms with Gasteiger partial charge in [-0.15, -0.1) is 0 Å². The summed E-state index contributed by atoms with van der Waals surface area (Å²) in [6.07, 6.45) is 33.0. The Morgan fingerprint density at radius 2 is 0.735 bits per heavy atom. The van der Waals surface area contributed by atoms with Crippen molar-refractivity contribution < 1.29 is 29.2 Å². The SMILES string of the molecule is CCCCCCCCCOc1c(O)c(OC(=O)O)c(CCCCCCCCC)c(CCCCCCCCC)c1OCCCCCCCCC. The van der Waals surface area contributed by atoms with Crippen LogP contribution in [-0.2, 0) is 12.8 Å². The standard InChI is InChI=1S/C43H78O6/c1-5-9-13-17-21-25-29-33-37-38(34-30-26-22-18-14-10-6-2)41(47-35-31-27-23-19-15-11-7-3)42(39(44)40(37)49-43(45)46)48-36-32-28-24-20-16-12-8-4/h44H,5-36H2,1-4H3,(H,45,46). The fourth-order valence-electron chi connectivity index (χ4n) is 6.76. The summed E-state index contributed by atoms with van der Waals surface area (Å²) in [7, 11) is 0. The summed E-state index contributed by atoms with van der Waals surface area (Å²) >= 11 is 0. The van der Waals surface area contributed by atoms with E-state index in [-0.39, 0.29) is 17.2 Å². The van der Waals surface area contributed by atoms with Crippen LogP contribution in [0.15, 0.2) is 0 Å². The molecule has 0 aromatic heterocycles. The third-order valence-corrected chi connectivity index (χ3v) is 9.79. The highest BCUT2D eigenvalue weighted by molar-refractivity contribution is 5.71. The predicted molar refractivity (Wildman–Crippen MR) is 207 cm³/mol. The number of benzene rings is 1. The average molecular weight is 691 g/mol. The van der Waals surface area contributed by atoms with Gasteiger partial charge in [-0.3, -0.25) is 0 Å². The second-order valence-electron chi connectivity index (χ2n) is 14.3. The molecule has 1 aromatic rings. The molecule has 0 saturated heterocycles. The highest BCUT2D eigenvalue weighted by Gasteiger charge is 2.28. The first-order valence-electron chi connectivity index (χ1n) is 21.1. The molecule has 0 radical (unpaired) electrons. The maximum absolute atomic E-state index is 12.0. The maximum Gasteiger partial charge on any atom is 0.511 e. The van der Waals surface area contributed by atoms with Crippen molar-refractivity contribution in [2.75, 3.05) is 13.2 Å². The minimum Gasteiger partial charge on any atom is -0.502 e. The fraction of sp³-hybridized carbons (Fsp3) is 0.837. The number of phenols is 1. The van der Waals surface area contributed by atoms with E-state index in [0.29, 0.717) is 25.4 Å². The van der Waals surface area contributed by atoms with Gasteiger partial charge in [-0.25, -0.2) is 4.79 Å². The molecule has 1 rings (SSSR count). The van der Waals surface area contributed by atoms with Gasteiger partial charge in [0.2, 0.25) is 11.5 Å². The highest BCUT2D eigenvalue weighted by atomic mass is 16.7. The first-order chi connectivity index (χ1) is 24.0. The second-order valence-corrected chi connectivity index (χ2v) is 14.3. The Bertz CT molecular complexity index is 930. The molecule has 49 heavy (non-hydrogen) atoms. The number of carboxylic acid groups (broad SMARTS) is 1. The minimum absolute atomic E-state index is 0.0502. The van der Waals surface area contributed by atoms with Crippen LogP contribution in [0.4, 0.5) is 4.79 Å². The molecular weight excluding hydrogens is 612 g/mol. The van der Waals surface area contributed by atoms with E-state index in [4.69, 9.17) is 14.2 Å². The molecule has 0 bridgehead atoms. The molecule has 286 valence electrons. The van der Waals surface area contributed by atoms with Crippen LogP contribution >= 0.6 is 0 Å². The summed E-state index contributed by atoms with van der Waals surface area (Å²) in [6.45, 7) is 9.97. The van der Waals surface area contributed by atoms with Crippen molar-refractivity contribution >= 4 is 6.16 Å². The molecule has 0 amide bonds. The summed E-state index contributed by atoms with van der Waals surface area (Å²) in [5.74, 6) is 0.718. The maximum atomic E-state index is 12.0. The first kappa shape index (κ1) is 44.9. The Kier molecular flexibility index (Phi) is 29.2. The fourth-order valence-corrected chi connectivity index (χ4v) is 6.76. The van der Waals surface area contributed by atoms with E-state index in [1.54, 1.807) is 0 Å². The summed E-state index contributed by atoms with van der Waals surface area (Å²) in [5.41, 5.74) is 1.77. The zero-order valence-corrected chi connectivity index (χ0v) is 32.7. The minimum atomic E-state index is -1.41. The molecule has 1 aromatic carbocycles. The first-order valence-corrected chi connectivity index (χ1v) is 21.1. The molecule has 0 unspecified atom stereocenters. The lowest BCUT2D eigenvalue weighted by atomic mass is 9.93. The van der Waals surface area contributed by atoms with Crippen molar-refractivity contribution in [1.29, 1.82) is 0 Å². The molecule has 0 spiro atoms. The topological polar surface area (TPSA) is 85.2 Å². The van der Waals surface area contributed by atoms with Gasteiger partial charge in [0, 0.05) is 11.1 Å². The van der Waals surface area contributed by atoms with E-state index in [9.17, 15) is 15.0 Å². The molecule has 0 aliphatic carbocycles. The third kappa shape index (κ3) is 21.7. The number of unbranched alkanes of at least 4 members (excludes halogenated alkanes) is 24. The van der Waals surface area contributed by atoms with Gasteiger partial charge in [0.1, 0.15) is 0 Å². The Morgan fingerprint density at radius 1 is 0.429 bits per heavy atom. The molecule has 0 saturated carbocycles. The summed E-state index contributed by atoms with van der Waals surface area (Å²) in [6, 6.07) is 0. The monoisotopic (exact) mass is 691 g/mol. The number of hydrogen-bond acceptors (Lipinski definition) is 5. The lowest BCUT2D eigenvalue weighted by Crippen LogP contribution is -2.12.